The number of likely N-dealkylation sites (tertiary alicyclic amines) is 1. The molecule has 2 N–H and O–H groups in total. The Labute approximate surface area is 191 Å². The highest BCUT2D eigenvalue weighted by molar-refractivity contribution is 6.46. The average Bonchev–Trinajstić information content (AvgIpc) is 3.04. The fourth-order valence-electron chi connectivity index (χ4n) is 3.89. The van der Waals surface area contributed by atoms with E-state index in [9.17, 15) is 19.8 Å². The molecule has 0 spiro atoms. The molecule has 33 heavy (non-hydrogen) atoms. The predicted molar refractivity (Wildman–Crippen MR) is 122 cm³/mol. The first-order chi connectivity index (χ1) is 15.8. The molecule has 2 aromatic carbocycles. The molecule has 7 heteroatoms. The van der Waals surface area contributed by atoms with E-state index in [1.807, 2.05) is 13.8 Å². The monoisotopic (exact) mass is 444 g/mol. The van der Waals surface area contributed by atoms with Crippen LogP contribution in [0.1, 0.15) is 36.6 Å². The first-order valence-corrected chi connectivity index (χ1v) is 10.6. The van der Waals surface area contributed by atoms with Gasteiger partial charge >= 0.3 is 0 Å². The van der Waals surface area contributed by atoms with E-state index < -0.39 is 17.7 Å². The van der Waals surface area contributed by atoms with Gasteiger partial charge in [-0.25, -0.2) is 0 Å². The molecule has 7 nitrogen and oxygen atoms in total. The van der Waals surface area contributed by atoms with Crippen LogP contribution in [0, 0.1) is 0 Å². The van der Waals surface area contributed by atoms with Crippen molar-refractivity contribution >= 4 is 17.4 Å². The standard InChI is InChI=1S/C26H24N2O5/c1-16(2)33-21-10-8-18(9-11-21)24(30)22-23(19-6-3-7-20(29)13-19)28(26(32)25(22)31)15-17-5-4-12-27-14-17/h3-14,16,23,29-30H,15H2,1-2H3/b24-22+/t23-/m0/s1. The van der Waals surface area contributed by atoms with Gasteiger partial charge in [-0.2, -0.15) is 0 Å². The molecule has 1 fully saturated rings. The number of amides is 1. The third-order valence-corrected chi connectivity index (χ3v) is 5.30. The van der Waals surface area contributed by atoms with Crippen LogP contribution in [0.15, 0.2) is 78.6 Å². The molecule has 1 atom stereocenters. The summed E-state index contributed by atoms with van der Waals surface area (Å²) in [5.41, 5.74) is 1.60. The maximum Gasteiger partial charge on any atom is 0.295 e. The topological polar surface area (TPSA) is 100.0 Å². The van der Waals surface area contributed by atoms with Crippen molar-refractivity contribution in [1.82, 2.24) is 9.88 Å². The number of hydrogen-bond acceptors (Lipinski definition) is 6. The third kappa shape index (κ3) is 4.57. The zero-order valence-corrected chi connectivity index (χ0v) is 18.3. The number of phenolic OH excluding ortho intramolecular Hbond substituents is 1. The summed E-state index contributed by atoms with van der Waals surface area (Å²) >= 11 is 0. The zero-order valence-electron chi connectivity index (χ0n) is 18.3. The van der Waals surface area contributed by atoms with E-state index in [4.69, 9.17) is 4.74 Å². The summed E-state index contributed by atoms with van der Waals surface area (Å²) in [6.07, 6.45) is 3.23. The minimum Gasteiger partial charge on any atom is -0.508 e. The summed E-state index contributed by atoms with van der Waals surface area (Å²) in [6.45, 7) is 3.94. The molecule has 168 valence electrons. The fourth-order valence-corrected chi connectivity index (χ4v) is 3.89. The number of aliphatic hydroxyl groups is 1. The number of carbonyl (C=O) groups is 2. The highest BCUT2D eigenvalue weighted by Crippen LogP contribution is 2.41. The molecule has 1 aromatic heterocycles. The molecular weight excluding hydrogens is 420 g/mol. The molecule has 1 saturated heterocycles. The van der Waals surface area contributed by atoms with Crippen molar-refractivity contribution in [1.29, 1.82) is 0 Å². The van der Waals surface area contributed by atoms with Crippen LogP contribution < -0.4 is 4.74 Å². The van der Waals surface area contributed by atoms with Crippen LogP contribution in [-0.2, 0) is 16.1 Å². The van der Waals surface area contributed by atoms with Crippen LogP contribution >= 0.6 is 0 Å². The van der Waals surface area contributed by atoms with Crippen molar-refractivity contribution in [3.8, 4) is 11.5 Å². The quantitative estimate of drug-likeness (QED) is 0.336. The number of aromatic nitrogens is 1. The number of benzene rings is 2. The van der Waals surface area contributed by atoms with Gasteiger partial charge < -0.3 is 19.8 Å². The summed E-state index contributed by atoms with van der Waals surface area (Å²) < 4.78 is 5.64. The van der Waals surface area contributed by atoms with Crippen LogP contribution in [0.5, 0.6) is 11.5 Å². The predicted octanol–water partition coefficient (Wildman–Crippen LogP) is 4.20. The number of hydrogen-bond donors (Lipinski definition) is 2. The average molecular weight is 444 g/mol. The Balaban J connectivity index is 1.80. The van der Waals surface area contributed by atoms with Crippen LogP contribution in [0.4, 0.5) is 0 Å². The number of phenols is 1. The Morgan fingerprint density at radius 1 is 1.09 bits per heavy atom. The van der Waals surface area contributed by atoms with Gasteiger partial charge in [0, 0.05) is 24.5 Å². The van der Waals surface area contributed by atoms with Crippen molar-refractivity contribution in [3.63, 3.8) is 0 Å². The normalized spacial score (nSPS) is 17.5. The van der Waals surface area contributed by atoms with Gasteiger partial charge in [-0.1, -0.05) is 18.2 Å². The molecule has 3 aromatic rings. The van der Waals surface area contributed by atoms with Gasteiger partial charge in [-0.15, -0.1) is 0 Å². The second-order valence-corrected chi connectivity index (χ2v) is 8.07. The van der Waals surface area contributed by atoms with Gasteiger partial charge in [0.25, 0.3) is 11.7 Å². The number of rotatable bonds is 6. The van der Waals surface area contributed by atoms with E-state index in [1.54, 1.807) is 60.9 Å². The maximum atomic E-state index is 13.1. The minimum absolute atomic E-state index is 0.00495. The molecule has 0 radical (unpaired) electrons. The van der Waals surface area contributed by atoms with Gasteiger partial charge in [-0.05, 0) is 67.4 Å². The van der Waals surface area contributed by atoms with Gasteiger partial charge in [0.1, 0.15) is 17.3 Å². The van der Waals surface area contributed by atoms with Gasteiger partial charge in [0.2, 0.25) is 0 Å². The molecular formula is C26H24N2O5. The smallest absolute Gasteiger partial charge is 0.295 e. The van der Waals surface area contributed by atoms with Crippen molar-refractivity contribution in [2.75, 3.05) is 0 Å². The Morgan fingerprint density at radius 3 is 2.48 bits per heavy atom. The van der Waals surface area contributed by atoms with Crippen molar-refractivity contribution in [2.45, 2.75) is 32.5 Å². The summed E-state index contributed by atoms with van der Waals surface area (Å²) in [6, 6.07) is 15.7. The van der Waals surface area contributed by atoms with E-state index >= 15 is 0 Å². The van der Waals surface area contributed by atoms with Gasteiger partial charge in [-0.3, -0.25) is 14.6 Å². The number of carbonyl (C=O) groups excluding carboxylic acids is 2. The van der Waals surface area contributed by atoms with Crippen LogP contribution in [0.2, 0.25) is 0 Å². The van der Waals surface area contributed by atoms with E-state index in [0.717, 1.165) is 5.56 Å². The summed E-state index contributed by atoms with van der Waals surface area (Å²) in [5, 5.41) is 21.2. The second-order valence-electron chi connectivity index (χ2n) is 8.07. The SMILES string of the molecule is CC(C)Oc1ccc(/C(O)=C2\C(=O)C(=O)N(Cc3cccnc3)[C@H]2c2cccc(O)c2)cc1. The van der Waals surface area contributed by atoms with E-state index in [0.29, 0.717) is 16.9 Å². The number of aliphatic hydroxyl groups excluding tert-OH is 1. The molecule has 0 unspecified atom stereocenters. The van der Waals surface area contributed by atoms with E-state index in [-0.39, 0.29) is 29.7 Å². The second kappa shape index (κ2) is 9.16. The molecule has 0 bridgehead atoms. The lowest BCUT2D eigenvalue weighted by Crippen LogP contribution is -2.29. The van der Waals surface area contributed by atoms with E-state index in [2.05, 4.69) is 4.98 Å². The van der Waals surface area contributed by atoms with Gasteiger partial charge in [0.05, 0.1) is 17.7 Å². The Kier molecular flexibility index (Phi) is 6.13. The fraction of sp³-hybridized carbons (Fsp3) is 0.192. The van der Waals surface area contributed by atoms with Gasteiger partial charge in [0.15, 0.2) is 0 Å². The van der Waals surface area contributed by atoms with Crippen molar-refractivity contribution in [2.24, 2.45) is 0 Å². The molecule has 1 aliphatic heterocycles. The third-order valence-electron chi connectivity index (χ3n) is 5.30. The molecule has 0 aliphatic carbocycles. The molecule has 1 amide bonds. The van der Waals surface area contributed by atoms with Crippen LogP contribution in [0.25, 0.3) is 5.76 Å². The largest absolute Gasteiger partial charge is 0.508 e. The van der Waals surface area contributed by atoms with Crippen molar-refractivity contribution in [3.05, 3.63) is 95.3 Å². The first-order valence-electron chi connectivity index (χ1n) is 10.6. The number of aromatic hydroxyl groups is 1. The lowest BCUT2D eigenvalue weighted by molar-refractivity contribution is -0.140. The van der Waals surface area contributed by atoms with Crippen LogP contribution in [-0.4, -0.2) is 37.9 Å². The minimum atomic E-state index is -0.871. The van der Waals surface area contributed by atoms with E-state index in [1.165, 1.54) is 17.0 Å². The lowest BCUT2D eigenvalue weighted by Gasteiger charge is -2.25. The highest BCUT2D eigenvalue weighted by atomic mass is 16.5. The Bertz CT molecular complexity index is 1200. The number of ketones is 1. The molecule has 1 aliphatic rings. The number of nitrogens with zero attached hydrogens (tertiary/aromatic N) is 2. The van der Waals surface area contributed by atoms with Crippen LogP contribution in [0.3, 0.4) is 0 Å². The maximum absolute atomic E-state index is 13.1. The number of Topliss-reactive ketones (excluding diaryl/α,β-unsaturated/α-hetero) is 1. The zero-order chi connectivity index (χ0) is 23.5. The molecule has 4 rings (SSSR count). The number of ether oxygens (including phenoxy) is 1. The Morgan fingerprint density at radius 2 is 1.85 bits per heavy atom. The first kappa shape index (κ1) is 22.1. The summed E-state index contributed by atoms with van der Waals surface area (Å²) in [4.78, 5) is 31.6. The highest BCUT2D eigenvalue weighted by Gasteiger charge is 2.46. The summed E-state index contributed by atoms with van der Waals surface area (Å²) in [5.74, 6) is -1.18. The Hall–Kier alpha value is -4.13. The number of pyridine rings is 1. The van der Waals surface area contributed by atoms with Crippen molar-refractivity contribution < 1.29 is 24.5 Å². The molecule has 2 heterocycles. The lowest BCUT2D eigenvalue weighted by atomic mass is 9.95. The molecule has 0 saturated carbocycles. The summed E-state index contributed by atoms with van der Waals surface area (Å²) in [7, 11) is 0.